The molecule has 1 aromatic rings. The molecule has 2 rings (SSSR count). The monoisotopic (exact) mass is 419 g/mol. The summed E-state index contributed by atoms with van der Waals surface area (Å²) in [6, 6.07) is 0. The van der Waals surface area contributed by atoms with Crippen LogP contribution in [-0.4, -0.2) is 84.1 Å². The molecule has 0 aromatic carbocycles. The summed E-state index contributed by atoms with van der Waals surface area (Å²) in [6.45, 7) is 9.99. The lowest BCUT2D eigenvalue weighted by Gasteiger charge is -2.28. The van der Waals surface area contributed by atoms with E-state index in [1.165, 1.54) is 19.0 Å². The van der Waals surface area contributed by atoms with Crippen molar-refractivity contribution >= 4 is 11.8 Å². The van der Waals surface area contributed by atoms with E-state index in [0.717, 1.165) is 57.8 Å². The van der Waals surface area contributed by atoms with Crippen LogP contribution in [0.15, 0.2) is 12.4 Å². The predicted molar refractivity (Wildman–Crippen MR) is 116 cm³/mol. The van der Waals surface area contributed by atoms with Gasteiger partial charge in [-0.1, -0.05) is 26.2 Å². The molecule has 2 heterocycles. The lowest BCUT2D eigenvalue weighted by atomic mass is 10.2. The average molecular weight is 420 g/mol. The summed E-state index contributed by atoms with van der Waals surface area (Å²) in [5.74, 6) is -0.173. The third-order valence-corrected chi connectivity index (χ3v) is 5.25. The number of aryl methyl sites for hydroxylation is 1. The molecule has 1 aromatic heterocycles. The summed E-state index contributed by atoms with van der Waals surface area (Å²) < 4.78 is 5.39. The van der Waals surface area contributed by atoms with E-state index in [9.17, 15) is 9.59 Å². The van der Waals surface area contributed by atoms with Gasteiger partial charge in [-0.2, -0.15) is 0 Å². The van der Waals surface area contributed by atoms with Gasteiger partial charge in [-0.3, -0.25) is 19.5 Å². The summed E-state index contributed by atoms with van der Waals surface area (Å²) >= 11 is 0. The third kappa shape index (κ3) is 9.17. The van der Waals surface area contributed by atoms with Gasteiger partial charge in [0.1, 0.15) is 5.69 Å². The van der Waals surface area contributed by atoms with E-state index >= 15 is 0 Å². The standard InChI is InChI=1S/C22H37N5O3/c1-3-4-5-6-9-23-21(28)8-12-27(11-7-10-26-13-15-30-16-14-26)22(29)20-18-24-19(2)17-25-20/h17-18H,3-16H2,1-2H3,(H,23,28). The molecule has 0 radical (unpaired) electrons. The number of nitrogens with one attached hydrogen (secondary N) is 1. The third-order valence-electron chi connectivity index (χ3n) is 5.25. The first-order valence-electron chi connectivity index (χ1n) is 11.2. The van der Waals surface area contributed by atoms with Crippen LogP contribution in [-0.2, 0) is 9.53 Å². The smallest absolute Gasteiger partial charge is 0.274 e. The first-order chi connectivity index (χ1) is 14.6. The van der Waals surface area contributed by atoms with E-state index in [4.69, 9.17) is 4.74 Å². The first kappa shape index (κ1) is 24.2. The predicted octanol–water partition coefficient (Wildman–Crippen LogP) is 2.04. The molecular formula is C22H37N5O3. The van der Waals surface area contributed by atoms with E-state index in [-0.39, 0.29) is 11.8 Å². The normalized spacial score (nSPS) is 14.5. The summed E-state index contributed by atoms with van der Waals surface area (Å²) in [6.07, 6.45) is 8.77. The Morgan fingerprint density at radius 2 is 1.90 bits per heavy atom. The van der Waals surface area contributed by atoms with Gasteiger partial charge >= 0.3 is 0 Å². The zero-order valence-electron chi connectivity index (χ0n) is 18.6. The first-order valence-corrected chi connectivity index (χ1v) is 11.2. The Morgan fingerprint density at radius 3 is 2.60 bits per heavy atom. The zero-order chi connectivity index (χ0) is 21.6. The summed E-state index contributed by atoms with van der Waals surface area (Å²) in [5, 5.41) is 2.96. The second kappa shape index (κ2) is 14.0. The van der Waals surface area contributed by atoms with Crippen LogP contribution in [0.5, 0.6) is 0 Å². The fourth-order valence-corrected chi connectivity index (χ4v) is 3.39. The minimum atomic E-state index is -0.166. The van der Waals surface area contributed by atoms with Crippen molar-refractivity contribution in [3.8, 4) is 0 Å². The molecule has 0 aliphatic carbocycles. The van der Waals surface area contributed by atoms with Crippen LogP contribution < -0.4 is 5.32 Å². The lowest BCUT2D eigenvalue weighted by molar-refractivity contribution is -0.121. The van der Waals surface area contributed by atoms with E-state index < -0.39 is 0 Å². The second-order valence-electron chi connectivity index (χ2n) is 7.80. The highest BCUT2D eigenvalue weighted by Crippen LogP contribution is 2.06. The van der Waals surface area contributed by atoms with Crippen molar-refractivity contribution in [1.29, 1.82) is 0 Å². The summed E-state index contributed by atoms with van der Waals surface area (Å²) in [5.41, 5.74) is 1.10. The molecule has 0 spiro atoms. The Bertz CT molecular complexity index is 632. The molecule has 8 nitrogen and oxygen atoms in total. The van der Waals surface area contributed by atoms with Crippen LogP contribution in [0.2, 0.25) is 0 Å². The Balaban J connectivity index is 1.83. The summed E-state index contributed by atoms with van der Waals surface area (Å²) in [4.78, 5) is 37.6. The van der Waals surface area contributed by atoms with Crippen LogP contribution in [0.4, 0.5) is 0 Å². The number of carbonyl (C=O) groups excluding carboxylic acids is 2. The van der Waals surface area contributed by atoms with Gasteiger partial charge in [-0.05, 0) is 19.8 Å². The van der Waals surface area contributed by atoms with E-state index in [2.05, 4.69) is 27.1 Å². The maximum absolute atomic E-state index is 12.9. The van der Waals surface area contributed by atoms with Gasteiger partial charge in [-0.15, -0.1) is 0 Å². The van der Waals surface area contributed by atoms with Crippen LogP contribution >= 0.6 is 0 Å². The number of morpholine rings is 1. The fourth-order valence-electron chi connectivity index (χ4n) is 3.39. The lowest BCUT2D eigenvalue weighted by Crippen LogP contribution is -2.40. The SMILES string of the molecule is CCCCCCNC(=O)CCN(CCCN1CCOCC1)C(=O)c1cnc(C)cn1. The quantitative estimate of drug-likeness (QED) is 0.492. The Morgan fingerprint density at radius 1 is 1.10 bits per heavy atom. The number of rotatable bonds is 13. The molecule has 0 saturated carbocycles. The van der Waals surface area contributed by atoms with Crippen molar-refractivity contribution in [1.82, 2.24) is 25.1 Å². The molecular weight excluding hydrogens is 382 g/mol. The van der Waals surface area contributed by atoms with Gasteiger partial charge in [0.25, 0.3) is 5.91 Å². The molecule has 1 saturated heterocycles. The molecule has 0 bridgehead atoms. The van der Waals surface area contributed by atoms with E-state index in [0.29, 0.717) is 31.7 Å². The molecule has 168 valence electrons. The van der Waals surface area contributed by atoms with E-state index in [1.54, 1.807) is 11.1 Å². The van der Waals surface area contributed by atoms with Gasteiger partial charge in [0.2, 0.25) is 5.91 Å². The van der Waals surface area contributed by atoms with Gasteiger partial charge in [-0.25, -0.2) is 4.98 Å². The average Bonchev–Trinajstić information content (AvgIpc) is 2.76. The number of aromatic nitrogens is 2. The Labute approximate surface area is 180 Å². The van der Waals surface area contributed by atoms with Crippen LogP contribution in [0.25, 0.3) is 0 Å². The molecule has 1 aliphatic rings. The molecule has 0 unspecified atom stereocenters. The maximum Gasteiger partial charge on any atom is 0.274 e. The largest absolute Gasteiger partial charge is 0.379 e. The highest BCUT2D eigenvalue weighted by Gasteiger charge is 2.19. The highest BCUT2D eigenvalue weighted by molar-refractivity contribution is 5.92. The topological polar surface area (TPSA) is 87.7 Å². The van der Waals surface area contributed by atoms with Gasteiger partial charge < -0.3 is 15.0 Å². The Hall–Kier alpha value is -2.06. The van der Waals surface area contributed by atoms with Crippen LogP contribution in [0, 0.1) is 6.92 Å². The second-order valence-corrected chi connectivity index (χ2v) is 7.80. The number of hydrogen-bond acceptors (Lipinski definition) is 6. The molecule has 1 N–H and O–H groups in total. The number of nitrogens with zero attached hydrogens (tertiary/aromatic N) is 4. The number of ether oxygens (including phenoxy) is 1. The minimum absolute atomic E-state index is 0.00697. The molecule has 1 aliphatic heterocycles. The number of hydrogen-bond donors (Lipinski definition) is 1. The Kier molecular flexibility index (Phi) is 11.3. The number of unbranched alkanes of at least 4 members (excludes halogenated alkanes) is 3. The number of carbonyl (C=O) groups is 2. The van der Waals surface area contributed by atoms with Gasteiger partial charge in [0.15, 0.2) is 0 Å². The molecule has 1 fully saturated rings. The summed E-state index contributed by atoms with van der Waals surface area (Å²) in [7, 11) is 0. The van der Waals surface area contributed by atoms with Crippen molar-refractivity contribution in [3.05, 3.63) is 23.8 Å². The molecule has 2 amide bonds. The van der Waals surface area contributed by atoms with Crippen molar-refractivity contribution in [2.75, 3.05) is 52.5 Å². The van der Waals surface area contributed by atoms with Gasteiger partial charge in [0, 0.05) is 51.9 Å². The van der Waals surface area contributed by atoms with Crippen LogP contribution in [0.1, 0.15) is 61.6 Å². The fraction of sp³-hybridized carbons (Fsp3) is 0.727. The van der Waals surface area contributed by atoms with Crippen molar-refractivity contribution in [3.63, 3.8) is 0 Å². The molecule has 8 heteroatoms. The van der Waals surface area contributed by atoms with Crippen LogP contribution in [0.3, 0.4) is 0 Å². The van der Waals surface area contributed by atoms with E-state index in [1.807, 2.05) is 6.92 Å². The molecule has 30 heavy (non-hydrogen) atoms. The maximum atomic E-state index is 12.9. The van der Waals surface area contributed by atoms with Crippen molar-refractivity contribution < 1.29 is 14.3 Å². The molecule has 0 atom stereocenters. The highest BCUT2D eigenvalue weighted by atomic mass is 16.5. The number of amides is 2. The van der Waals surface area contributed by atoms with Crippen molar-refractivity contribution in [2.45, 2.75) is 52.4 Å². The minimum Gasteiger partial charge on any atom is -0.379 e. The van der Waals surface area contributed by atoms with Crippen molar-refractivity contribution in [2.24, 2.45) is 0 Å². The van der Waals surface area contributed by atoms with Gasteiger partial charge in [0.05, 0.1) is 25.1 Å². The zero-order valence-corrected chi connectivity index (χ0v) is 18.6.